The van der Waals surface area contributed by atoms with Gasteiger partial charge in [-0.25, -0.2) is 4.98 Å². The molecule has 0 spiro atoms. The Morgan fingerprint density at radius 2 is 2.20 bits per heavy atom. The summed E-state index contributed by atoms with van der Waals surface area (Å²) in [6.45, 7) is 5.85. The van der Waals surface area contributed by atoms with E-state index in [4.69, 9.17) is 4.42 Å². The molecule has 1 aromatic rings. The van der Waals surface area contributed by atoms with Gasteiger partial charge in [-0.05, 0) is 27.8 Å². The van der Waals surface area contributed by atoms with Crippen molar-refractivity contribution in [3.63, 3.8) is 0 Å². The van der Waals surface area contributed by atoms with Crippen LogP contribution in [0, 0.1) is 13.8 Å². The van der Waals surface area contributed by atoms with Gasteiger partial charge in [-0.2, -0.15) is 0 Å². The number of hydrogen-bond donors (Lipinski definition) is 2. The number of rotatable bonds is 4. The Labute approximate surface area is 89.3 Å². The zero-order valence-corrected chi connectivity index (χ0v) is 9.55. The third kappa shape index (κ3) is 3.06. The van der Waals surface area contributed by atoms with Gasteiger partial charge in [0.05, 0.1) is 18.3 Å². The first-order valence-electron chi connectivity index (χ1n) is 4.92. The molecule has 1 amide bonds. The number of likely N-dealkylation sites (N-methyl/N-ethyl adjacent to an activating group) is 1. The number of aromatic nitrogens is 1. The Hall–Kier alpha value is -1.36. The summed E-state index contributed by atoms with van der Waals surface area (Å²) in [5, 5.41) is 5.59. The number of nitrogens with one attached hydrogen (secondary N) is 2. The van der Waals surface area contributed by atoms with E-state index in [1.54, 1.807) is 14.0 Å². The molecule has 0 fully saturated rings. The molecule has 5 nitrogen and oxygen atoms in total. The molecule has 1 unspecified atom stereocenters. The van der Waals surface area contributed by atoms with Crippen LogP contribution in [0.5, 0.6) is 0 Å². The van der Waals surface area contributed by atoms with E-state index in [1.807, 2.05) is 13.8 Å². The quantitative estimate of drug-likeness (QED) is 0.761. The van der Waals surface area contributed by atoms with Crippen LogP contribution in [0.1, 0.15) is 24.3 Å². The lowest BCUT2D eigenvalue weighted by Crippen LogP contribution is -2.40. The molecule has 15 heavy (non-hydrogen) atoms. The molecule has 0 saturated heterocycles. The highest BCUT2D eigenvalue weighted by Gasteiger charge is 2.11. The Kier molecular flexibility index (Phi) is 3.85. The predicted molar refractivity (Wildman–Crippen MR) is 56.3 cm³/mol. The van der Waals surface area contributed by atoms with Gasteiger partial charge in [-0.3, -0.25) is 4.79 Å². The summed E-state index contributed by atoms with van der Waals surface area (Å²) in [6, 6.07) is -0.206. The summed E-state index contributed by atoms with van der Waals surface area (Å²) in [4.78, 5) is 15.6. The summed E-state index contributed by atoms with van der Waals surface area (Å²) >= 11 is 0. The molecular formula is C10H17N3O2. The molecule has 0 aliphatic carbocycles. The molecule has 0 bridgehead atoms. The highest BCUT2D eigenvalue weighted by molar-refractivity contribution is 5.81. The van der Waals surface area contributed by atoms with Crippen LogP contribution in [-0.4, -0.2) is 24.0 Å². The summed E-state index contributed by atoms with van der Waals surface area (Å²) in [6.07, 6.45) is 0. The van der Waals surface area contributed by atoms with Crippen molar-refractivity contribution in [1.29, 1.82) is 0 Å². The fourth-order valence-corrected chi connectivity index (χ4v) is 1.06. The van der Waals surface area contributed by atoms with Crippen LogP contribution in [0.4, 0.5) is 0 Å². The number of nitrogens with zero attached hydrogens (tertiary/aromatic N) is 1. The highest BCUT2D eigenvalue weighted by Crippen LogP contribution is 2.07. The molecule has 0 aliphatic rings. The summed E-state index contributed by atoms with van der Waals surface area (Å²) in [7, 11) is 1.74. The lowest BCUT2D eigenvalue weighted by atomic mass is 10.3. The maximum absolute atomic E-state index is 11.4. The van der Waals surface area contributed by atoms with Crippen molar-refractivity contribution in [2.24, 2.45) is 0 Å². The summed E-state index contributed by atoms with van der Waals surface area (Å²) in [5.74, 6) is 1.27. The van der Waals surface area contributed by atoms with Crippen molar-refractivity contribution in [1.82, 2.24) is 15.6 Å². The maximum Gasteiger partial charge on any atom is 0.237 e. The van der Waals surface area contributed by atoms with E-state index in [1.165, 1.54) is 0 Å². The van der Waals surface area contributed by atoms with Gasteiger partial charge in [0.1, 0.15) is 5.76 Å². The van der Waals surface area contributed by atoms with Crippen LogP contribution in [0.15, 0.2) is 4.42 Å². The van der Waals surface area contributed by atoms with Crippen molar-refractivity contribution < 1.29 is 9.21 Å². The molecule has 0 aromatic carbocycles. The van der Waals surface area contributed by atoms with Crippen LogP contribution in [0.3, 0.4) is 0 Å². The first kappa shape index (κ1) is 11.7. The Morgan fingerprint density at radius 1 is 1.53 bits per heavy atom. The zero-order chi connectivity index (χ0) is 11.4. The zero-order valence-electron chi connectivity index (χ0n) is 9.55. The van der Waals surface area contributed by atoms with E-state index in [-0.39, 0.29) is 11.9 Å². The minimum absolute atomic E-state index is 0.0639. The van der Waals surface area contributed by atoms with Crippen molar-refractivity contribution in [3.05, 3.63) is 17.3 Å². The predicted octanol–water partition coefficient (Wildman–Crippen LogP) is 0.516. The number of aryl methyl sites for hydroxylation is 2. The lowest BCUT2D eigenvalue weighted by Gasteiger charge is -2.08. The number of carbonyl (C=O) groups is 1. The molecule has 1 rings (SSSR count). The molecule has 2 N–H and O–H groups in total. The van der Waals surface area contributed by atoms with E-state index in [2.05, 4.69) is 15.6 Å². The fourth-order valence-electron chi connectivity index (χ4n) is 1.06. The topological polar surface area (TPSA) is 67.2 Å². The third-order valence-electron chi connectivity index (χ3n) is 2.31. The molecule has 84 valence electrons. The van der Waals surface area contributed by atoms with Crippen LogP contribution in [0.25, 0.3) is 0 Å². The second-order valence-electron chi connectivity index (χ2n) is 3.48. The van der Waals surface area contributed by atoms with Gasteiger partial charge >= 0.3 is 0 Å². The molecule has 5 heteroatoms. The van der Waals surface area contributed by atoms with Crippen molar-refractivity contribution in [2.45, 2.75) is 33.4 Å². The van der Waals surface area contributed by atoms with E-state index >= 15 is 0 Å². The lowest BCUT2D eigenvalue weighted by molar-refractivity contribution is -0.122. The Bertz CT molecular complexity index is 327. The standard InChI is InChI=1S/C10H17N3O2/c1-6-8(3)15-9(13-6)5-12-10(14)7(2)11-4/h7,11H,5H2,1-4H3,(H,12,14). The molecule has 1 atom stereocenters. The van der Waals surface area contributed by atoms with E-state index in [0.717, 1.165) is 11.5 Å². The van der Waals surface area contributed by atoms with Crippen molar-refractivity contribution >= 4 is 5.91 Å². The smallest absolute Gasteiger partial charge is 0.237 e. The van der Waals surface area contributed by atoms with Gasteiger partial charge in [0, 0.05) is 0 Å². The number of oxazole rings is 1. The highest BCUT2D eigenvalue weighted by atomic mass is 16.4. The monoisotopic (exact) mass is 211 g/mol. The molecule has 0 radical (unpaired) electrons. The van der Waals surface area contributed by atoms with E-state index in [0.29, 0.717) is 12.4 Å². The van der Waals surface area contributed by atoms with Crippen LogP contribution < -0.4 is 10.6 Å². The third-order valence-corrected chi connectivity index (χ3v) is 2.31. The molecular weight excluding hydrogens is 194 g/mol. The molecule has 1 heterocycles. The van der Waals surface area contributed by atoms with E-state index < -0.39 is 0 Å². The SMILES string of the molecule is CNC(C)C(=O)NCc1nc(C)c(C)o1. The normalized spacial score (nSPS) is 12.5. The van der Waals surface area contributed by atoms with Gasteiger partial charge in [0.25, 0.3) is 0 Å². The summed E-state index contributed by atoms with van der Waals surface area (Å²) in [5.41, 5.74) is 0.862. The van der Waals surface area contributed by atoms with Gasteiger partial charge in [-0.15, -0.1) is 0 Å². The average Bonchev–Trinajstić information content (AvgIpc) is 2.54. The first-order chi connectivity index (χ1) is 7.04. The minimum Gasteiger partial charge on any atom is -0.444 e. The number of carbonyl (C=O) groups excluding carboxylic acids is 1. The van der Waals surface area contributed by atoms with Gasteiger partial charge in [0.2, 0.25) is 11.8 Å². The molecule has 0 saturated carbocycles. The molecule has 1 aromatic heterocycles. The fraction of sp³-hybridized carbons (Fsp3) is 0.600. The average molecular weight is 211 g/mol. The largest absolute Gasteiger partial charge is 0.444 e. The van der Waals surface area contributed by atoms with Crippen molar-refractivity contribution in [2.75, 3.05) is 7.05 Å². The number of amides is 1. The molecule has 0 aliphatic heterocycles. The second-order valence-corrected chi connectivity index (χ2v) is 3.48. The summed E-state index contributed by atoms with van der Waals surface area (Å²) < 4.78 is 5.33. The minimum atomic E-state index is -0.206. The van der Waals surface area contributed by atoms with Gasteiger partial charge in [0.15, 0.2) is 0 Å². The maximum atomic E-state index is 11.4. The Balaban J connectivity index is 2.47. The van der Waals surface area contributed by atoms with Crippen molar-refractivity contribution in [3.8, 4) is 0 Å². The van der Waals surface area contributed by atoms with Crippen LogP contribution in [-0.2, 0) is 11.3 Å². The number of hydrogen-bond acceptors (Lipinski definition) is 4. The second kappa shape index (κ2) is 4.93. The van der Waals surface area contributed by atoms with Crippen LogP contribution in [0.2, 0.25) is 0 Å². The van der Waals surface area contributed by atoms with E-state index in [9.17, 15) is 4.79 Å². The first-order valence-corrected chi connectivity index (χ1v) is 4.92. The van der Waals surface area contributed by atoms with Gasteiger partial charge in [-0.1, -0.05) is 0 Å². The Morgan fingerprint density at radius 3 is 2.67 bits per heavy atom. The van der Waals surface area contributed by atoms with Gasteiger partial charge < -0.3 is 15.1 Å². The van der Waals surface area contributed by atoms with Crippen LogP contribution >= 0.6 is 0 Å².